The normalized spacial score (nSPS) is 10.8. The van der Waals surface area contributed by atoms with Gasteiger partial charge >= 0.3 is 5.97 Å². The third-order valence-corrected chi connectivity index (χ3v) is 3.18. The van der Waals surface area contributed by atoms with Crippen LogP contribution >= 0.6 is 0 Å². The summed E-state index contributed by atoms with van der Waals surface area (Å²) in [5, 5.41) is 9.17. The molecule has 0 amide bonds. The van der Waals surface area contributed by atoms with Crippen molar-refractivity contribution in [3.05, 3.63) is 47.8 Å². The highest BCUT2D eigenvalue weighted by molar-refractivity contribution is 6.01. The van der Waals surface area contributed by atoms with E-state index in [1.54, 1.807) is 18.2 Å². The zero-order chi connectivity index (χ0) is 15.0. The monoisotopic (exact) mass is 286 g/mol. The van der Waals surface area contributed by atoms with Gasteiger partial charge in [-0.15, -0.1) is 0 Å². The lowest BCUT2D eigenvalue weighted by atomic mass is 10.2. The third-order valence-electron chi connectivity index (χ3n) is 3.18. The minimum atomic E-state index is -1.08. The number of halogens is 1. The molecule has 0 radical (unpaired) electrons. The van der Waals surface area contributed by atoms with Crippen LogP contribution in [-0.2, 0) is 0 Å². The van der Waals surface area contributed by atoms with Gasteiger partial charge in [0.2, 0.25) is 0 Å². The van der Waals surface area contributed by atoms with E-state index in [1.807, 2.05) is 0 Å². The number of rotatable bonds is 3. The summed E-state index contributed by atoms with van der Waals surface area (Å²) < 4.78 is 19.2. The predicted molar refractivity (Wildman–Crippen MR) is 75.0 cm³/mol. The topological polar surface area (TPSA) is 75.2 Å². The van der Waals surface area contributed by atoms with Crippen LogP contribution in [0.25, 0.3) is 22.4 Å². The zero-order valence-electron chi connectivity index (χ0n) is 11.1. The van der Waals surface area contributed by atoms with Crippen molar-refractivity contribution in [2.24, 2.45) is 0 Å². The molecule has 0 fully saturated rings. The van der Waals surface area contributed by atoms with Crippen LogP contribution in [0.4, 0.5) is 4.39 Å². The molecular formula is C15H11FN2O3. The first-order valence-corrected chi connectivity index (χ1v) is 6.16. The number of aromatic nitrogens is 2. The fourth-order valence-corrected chi connectivity index (χ4v) is 2.23. The van der Waals surface area contributed by atoms with E-state index in [0.717, 1.165) is 0 Å². The fraction of sp³-hybridized carbons (Fsp3) is 0.0667. The van der Waals surface area contributed by atoms with Gasteiger partial charge < -0.3 is 14.8 Å². The maximum absolute atomic E-state index is 14.1. The maximum atomic E-state index is 14.1. The number of ether oxygens (including phenoxy) is 1. The van der Waals surface area contributed by atoms with Gasteiger partial charge in [-0.1, -0.05) is 12.1 Å². The number of aromatic amines is 1. The van der Waals surface area contributed by atoms with Gasteiger partial charge in [-0.25, -0.2) is 14.2 Å². The van der Waals surface area contributed by atoms with E-state index in [4.69, 9.17) is 9.84 Å². The van der Waals surface area contributed by atoms with Gasteiger partial charge in [0, 0.05) is 0 Å². The minimum Gasteiger partial charge on any atom is -0.496 e. The highest BCUT2D eigenvalue weighted by Gasteiger charge is 2.18. The first-order chi connectivity index (χ1) is 10.1. The maximum Gasteiger partial charge on any atom is 0.337 e. The Labute approximate surface area is 119 Å². The summed E-state index contributed by atoms with van der Waals surface area (Å²) in [5.41, 5.74) is 1.04. The number of carboxylic acids is 1. The van der Waals surface area contributed by atoms with Crippen molar-refractivity contribution in [1.82, 2.24) is 9.97 Å². The summed E-state index contributed by atoms with van der Waals surface area (Å²) in [6.45, 7) is 0. The quantitative estimate of drug-likeness (QED) is 0.776. The molecule has 0 unspecified atom stereocenters. The number of aromatic carboxylic acids is 1. The number of hydrogen-bond acceptors (Lipinski definition) is 3. The molecule has 3 aromatic rings. The van der Waals surface area contributed by atoms with Crippen molar-refractivity contribution in [1.29, 1.82) is 0 Å². The van der Waals surface area contributed by atoms with E-state index in [9.17, 15) is 9.18 Å². The summed E-state index contributed by atoms with van der Waals surface area (Å²) in [7, 11) is 1.43. The molecule has 2 aromatic carbocycles. The average molecular weight is 286 g/mol. The molecule has 0 aliphatic rings. The van der Waals surface area contributed by atoms with Gasteiger partial charge in [0.15, 0.2) is 0 Å². The summed E-state index contributed by atoms with van der Waals surface area (Å²) in [4.78, 5) is 18.3. The van der Waals surface area contributed by atoms with E-state index in [-0.39, 0.29) is 22.5 Å². The van der Waals surface area contributed by atoms with Crippen LogP contribution in [0.3, 0.4) is 0 Å². The number of nitrogens with zero attached hydrogens (tertiary/aromatic N) is 1. The van der Waals surface area contributed by atoms with Crippen LogP contribution in [-0.4, -0.2) is 28.2 Å². The van der Waals surface area contributed by atoms with Crippen molar-refractivity contribution < 1.29 is 19.0 Å². The molecule has 0 bridgehead atoms. The summed E-state index contributed by atoms with van der Waals surface area (Å²) in [6.07, 6.45) is 0. The zero-order valence-corrected chi connectivity index (χ0v) is 11.1. The van der Waals surface area contributed by atoms with E-state index in [0.29, 0.717) is 11.3 Å². The van der Waals surface area contributed by atoms with Crippen molar-refractivity contribution in [3.63, 3.8) is 0 Å². The Morgan fingerprint density at radius 1 is 1.29 bits per heavy atom. The van der Waals surface area contributed by atoms with Crippen LogP contribution < -0.4 is 4.74 Å². The second-order valence-corrected chi connectivity index (χ2v) is 4.41. The van der Waals surface area contributed by atoms with Gasteiger partial charge in [0.05, 0.1) is 23.8 Å². The number of H-pyrrole nitrogens is 1. The molecule has 0 saturated carbocycles. The fourth-order valence-electron chi connectivity index (χ4n) is 2.23. The van der Waals surface area contributed by atoms with Gasteiger partial charge in [0.1, 0.15) is 22.9 Å². The summed E-state index contributed by atoms with van der Waals surface area (Å²) in [5.74, 6) is -1.02. The van der Waals surface area contributed by atoms with E-state index in [1.165, 1.54) is 25.3 Å². The SMILES string of the molecule is COc1cccc(F)c1-c1nc2c(C(=O)O)cccc2[nH]1. The number of imidazole rings is 1. The average Bonchev–Trinajstić information content (AvgIpc) is 2.89. The molecule has 21 heavy (non-hydrogen) atoms. The number of fused-ring (bicyclic) bond motifs is 1. The van der Waals surface area contributed by atoms with Crippen molar-refractivity contribution in [3.8, 4) is 17.1 Å². The Morgan fingerprint density at radius 2 is 2.05 bits per heavy atom. The van der Waals surface area contributed by atoms with Gasteiger partial charge in [-0.2, -0.15) is 0 Å². The lowest BCUT2D eigenvalue weighted by molar-refractivity contribution is 0.0699. The van der Waals surface area contributed by atoms with Crippen LogP contribution in [0.2, 0.25) is 0 Å². The second-order valence-electron chi connectivity index (χ2n) is 4.41. The molecule has 0 atom stereocenters. The highest BCUT2D eigenvalue weighted by Crippen LogP contribution is 2.32. The molecule has 1 aromatic heterocycles. The number of hydrogen-bond donors (Lipinski definition) is 2. The van der Waals surface area contributed by atoms with E-state index < -0.39 is 11.8 Å². The standard InChI is InChI=1S/C15H11FN2O3/c1-21-11-7-3-5-9(16)12(11)14-17-10-6-2-4-8(15(19)20)13(10)18-14/h2-7H,1H3,(H,17,18)(H,19,20). The third kappa shape index (κ3) is 2.10. The molecule has 106 valence electrons. The molecule has 0 saturated heterocycles. The van der Waals surface area contributed by atoms with Crippen LogP contribution in [0.15, 0.2) is 36.4 Å². The van der Waals surface area contributed by atoms with Crippen LogP contribution in [0.1, 0.15) is 10.4 Å². The molecule has 0 spiro atoms. The van der Waals surface area contributed by atoms with Crippen LogP contribution in [0.5, 0.6) is 5.75 Å². The Bertz CT molecular complexity index is 842. The number of benzene rings is 2. The predicted octanol–water partition coefficient (Wildman–Crippen LogP) is 3.08. The number of carbonyl (C=O) groups is 1. The molecule has 0 aliphatic carbocycles. The Balaban J connectivity index is 2.28. The Hall–Kier alpha value is -2.89. The van der Waals surface area contributed by atoms with Gasteiger partial charge in [-0.05, 0) is 24.3 Å². The largest absolute Gasteiger partial charge is 0.496 e. The highest BCUT2D eigenvalue weighted by atomic mass is 19.1. The molecule has 1 heterocycles. The smallest absolute Gasteiger partial charge is 0.337 e. The molecule has 0 aliphatic heterocycles. The van der Waals surface area contributed by atoms with Crippen LogP contribution in [0, 0.1) is 5.82 Å². The molecule has 5 nitrogen and oxygen atoms in total. The van der Waals surface area contributed by atoms with Gasteiger partial charge in [0.25, 0.3) is 0 Å². The number of nitrogens with one attached hydrogen (secondary N) is 1. The van der Waals surface area contributed by atoms with Crippen molar-refractivity contribution >= 4 is 17.0 Å². The van der Waals surface area contributed by atoms with E-state index >= 15 is 0 Å². The van der Waals surface area contributed by atoms with Gasteiger partial charge in [-0.3, -0.25) is 0 Å². The lowest BCUT2D eigenvalue weighted by Gasteiger charge is -2.06. The molecule has 3 rings (SSSR count). The lowest BCUT2D eigenvalue weighted by Crippen LogP contribution is -1.97. The number of para-hydroxylation sites is 1. The minimum absolute atomic E-state index is 0.0605. The molecule has 2 N–H and O–H groups in total. The second kappa shape index (κ2) is 4.90. The summed E-state index contributed by atoms with van der Waals surface area (Å²) >= 11 is 0. The Morgan fingerprint density at radius 3 is 2.76 bits per heavy atom. The molecule has 6 heteroatoms. The number of carboxylic acid groups (broad SMARTS) is 1. The Kier molecular flexibility index (Phi) is 3.06. The first kappa shape index (κ1) is 13.1. The first-order valence-electron chi connectivity index (χ1n) is 6.16. The summed E-state index contributed by atoms with van der Waals surface area (Å²) in [6, 6.07) is 9.18. The van der Waals surface area contributed by atoms with Crippen molar-refractivity contribution in [2.75, 3.05) is 7.11 Å². The molecular weight excluding hydrogens is 275 g/mol. The number of methoxy groups -OCH3 is 1. The van der Waals surface area contributed by atoms with Crippen molar-refractivity contribution in [2.45, 2.75) is 0 Å². The van der Waals surface area contributed by atoms with E-state index in [2.05, 4.69) is 9.97 Å².